The molecule has 0 aliphatic carbocycles. The van der Waals surface area contributed by atoms with Gasteiger partial charge in [-0.05, 0) is 24.3 Å². The number of hydrogen-bond donors (Lipinski definition) is 0. The van der Waals surface area contributed by atoms with Gasteiger partial charge in [-0.15, -0.1) is 0 Å². The summed E-state index contributed by atoms with van der Waals surface area (Å²) in [5.74, 6) is 0. The number of hydrogen-bond acceptors (Lipinski definition) is 0. The Morgan fingerprint density at radius 1 is 1.18 bits per heavy atom. The minimum Gasteiger partial charge on any atom is -0.0923 e. The molecule has 94 valence electrons. The fraction of sp³-hybridized carbons (Fsp3) is 0.231. The zero-order valence-corrected chi connectivity index (χ0v) is 12.9. The van der Waals surface area contributed by atoms with Crippen LogP contribution in [0.4, 0.5) is 0 Å². The van der Waals surface area contributed by atoms with Gasteiger partial charge in [0.2, 0.25) is 0 Å². The molecule has 0 atom stereocenters. The third-order valence-corrected chi connectivity index (χ3v) is 3.21. The van der Waals surface area contributed by atoms with Gasteiger partial charge in [-0.3, -0.25) is 0 Å². The summed E-state index contributed by atoms with van der Waals surface area (Å²) in [6, 6.07) is 5.25. The summed E-state index contributed by atoms with van der Waals surface area (Å²) < 4.78 is 0. The minimum absolute atomic E-state index is 0.461. The number of benzene rings is 1. The van der Waals surface area contributed by atoms with Crippen LogP contribution in [0.5, 0.6) is 0 Å². The molecule has 4 heteroatoms. The molecule has 0 fully saturated rings. The maximum atomic E-state index is 6.09. The highest BCUT2D eigenvalue weighted by molar-refractivity contribution is 6.57. The molecular weight excluding hydrogens is 298 g/mol. The van der Waals surface area contributed by atoms with Crippen LogP contribution in [0.1, 0.15) is 20.8 Å². The lowest BCUT2D eigenvalue weighted by Crippen LogP contribution is -2.25. The number of rotatable bonds is 1. The average Bonchev–Trinajstić information content (AvgIpc) is 2.39. The van der Waals surface area contributed by atoms with Gasteiger partial charge in [0.15, 0.2) is 0 Å². The Balaban J connectivity index is 0.00000121. The summed E-state index contributed by atoms with van der Waals surface area (Å²) in [5.41, 5.74) is 1.42. The Hall–Kier alpha value is -0.140. The summed E-state index contributed by atoms with van der Waals surface area (Å²) in [6.45, 7) is 5.81. The van der Waals surface area contributed by atoms with Crippen LogP contribution in [0.25, 0.3) is 10.6 Å². The molecule has 1 rings (SSSR count). The van der Waals surface area contributed by atoms with Gasteiger partial charge < -0.3 is 0 Å². The average molecular weight is 312 g/mol. The van der Waals surface area contributed by atoms with Gasteiger partial charge >= 0.3 is 0 Å². The first-order valence-corrected chi connectivity index (χ1v) is 6.75. The van der Waals surface area contributed by atoms with E-state index in [1.165, 1.54) is 5.54 Å². The highest BCUT2D eigenvalue weighted by atomic mass is 35.5. The molecule has 0 nitrogen and oxygen atoms in total. The van der Waals surface area contributed by atoms with E-state index < -0.39 is 0 Å². The van der Waals surface area contributed by atoms with Crippen molar-refractivity contribution in [1.82, 2.24) is 0 Å². The Morgan fingerprint density at radius 3 is 2.24 bits per heavy atom. The second-order valence-corrected chi connectivity index (χ2v) is 4.23. The van der Waals surface area contributed by atoms with Gasteiger partial charge in [-0.2, -0.15) is 0 Å². The number of allylic oxidation sites excluding steroid dienone is 2. The highest BCUT2D eigenvalue weighted by Crippen LogP contribution is 2.17. The van der Waals surface area contributed by atoms with Gasteiger partial charge in [0.05, 0.1) is 10.1 Å². The molecule has 17 heavy (non-hydrogen) atoms. The van der Waals surface area contributed by atoms with Crippen molar-refractivity contribution in [2.75, 3.05) is 0 Å². The summed E-state index contributed by atoms with van der Waals surface area (Å²) in [6.07, 6.45) is 1.72. The van der Waals surface area contributed by atoms with Crippen molar-refractivity contribution in [3.05, 3.63) is 44.8 Å². The zero-order chi connectivity index (χ0) is 13.4. The van der Waals surface area contributed by atoms with Crippen molar-refractivity contribution in [1.29, 1.82) is 0 Å². The van der Waals surface area contributed by atoms with E-state index in [-0.39, 0.29) is 0 Å². The Labute approximate surface area is 122 Å². The first kappa shape index (κ1) is 16.9. The van der Waals surface area contributed by atoms with Gasteiger partial charge in [-0.25, -0.2) is 0 Å². The first-order chi connectivity index (χ1) is 8.10. The third kappa shape index (κ3) is 4.93. The lowest BCUT2D eigenvalue weighted by atomic mass is 10.2. The number of halogens is 4. The molecule has 0 bridgehead atoms. The van der Waals surface area contributed by atoms with E-state index in [1.807, 2.05) is 20.8 Å². The van der Waals surface area contributed by atoms with Crippen LogP contribution in [-0.4, -0.2) is 0 Å². The van der Waals surface area contributed by atoms with Crippen LogP contribution < -0.4 is 10.4 Å². The van der Waals surface area contributed by atoms with E-state index in [0.717, 1.165) is 10.4 Å². The standard InChI is InChI=1S/C11H8Cl4.C2H6/c1-2-10(14)11(15)9-4-3-8(13)5-7(9)6-12;1-2/h2-6H,1H3;1-2H3/b7-6+,10-2+,11-9+;. The molecule has 1 aromatic carbocycles. The maximum Gasteiger partial charge on any atom is 0.0667 e. The van der Waals surface area contributed by atoms with E-state index in [9.17, 15) is 0 Å². The van der Waals surface area contributed by atoms with Crippen LogP contribution >= 0.6 is 46.4 Å². The quantitative estimate of drug-likeness (QED) is 0.696. The highest BCUT2D eigenvalue weighted by Gasteiger charge is 2.00. The van der Waals surface area contributed by atoms with Gasteiger partial charge in [-0.1, -0.05) is 72.4 Å². The van der Waals surface area contributed by atoms with Crippen molar-refractivity contribution in [3.63, 3.8) is 0 Å². The monoisotopic (exact) mass is 310 g/mol. The molecule has 0 amide bonds. The second-order valence-electron chi connectivity index (χ2n) is 2.79. The smallest absolute Gasteiger partial charge is 0.0667 e. The third-order valence-electron chi connectivity index (χ3n) is 1.83. The van der Waals surface area contributed by atoms with Crippen molar-refractivity contribution in [3.8, 4) is 0 Å². The van der Waals surface area contributed by atoms with E-state index in [1.54, 1.807) is 24.3 Å². The van der Waals surface area contributed by atoms with E-state index in [2.05, 4.69) is 0 Å². The normalized spacial score (nSPS) is 14.1. The zero-order valence-electron chi connectivity index (χ0n) is 9.90. The fourth-order valence-corrected chi connectivity index (χ4v) is 1.82. The SMILES string of the molecule is CC.C\C=C(Cl)/C(Cl)=c1/ccc(Cl)c/c1=C\Cl. The topological polar surface area (TPSA) is 0 Å². The predicted molar refractivity (Wildman–Crippen MR) is 81.2 cm³/mol. The maximum absolute atomic E-state index is 6.09. The minimum atomic E-state index is 0.461. The van der Waals surface area contributed by atoms with Crippen LogP contribution in [0.2, 0.25) is 5.02 Å². The van der Waals surface area contributed by atoms with Crippen molar-refractivity contribution in [2.45, 2.75) is 20.8 Å². The molecule has 0 aromatic heterocycles. The summed E-state index contributed by atoms with van der Waals surface area (Å²) in [4.78, 5) is 0. The molecule has 0 radical (unpaired) electrons. The molecule has 0 heterocycles. The van der Waals surface area contributed by atoms with Crippen LogP contribution in [0.15, 0.2) is 29.3 Å². The molecule has 1 aromatic rings. The Bertz CT molecular complexity index is 501. The van der Waals surface area contributed by atoms with Gasteiger partial charge in [0.1, 0.15) is 0 Å². The molecule has 0 unspecified atom stereocenters. The molecule has 0 aliphatic rings. The van der Waals surface area contributed by atoms with Crippen molar-refractivity contribution < 1.29 is 0 Å². The van der Waals surface area contributed by atoms with Crippen molar-refractivity contribution >= 4 is 57.0 Å². The first-order valence-electron chi connectivity index (χ1n) is 5.18. The summed E-state index contributed by atoms with van der Waals surface area (Å²) >= 11 is 23.5. The molecule has 0 saturated heterocycles. The van der Waals surface area contributed by atoms with Crippen LogP contribution in [0, 0.1) is 0 Å². The molecule has 0 saturated carbocycles. The largest absolute Gasteiger partial charge is 0.0923 e. The Morgan fingerprint density at radius 2 is 1.76 bits per heavy atom. The molecule has 0 N–H and O–H groups in total. The van der Waals surface area contributed by atoms with E-state index in [4.69, 9.17) is 46.4 Å². The second kappa shape index (κ2) is 8.88. The van der Waals surface area contributed by atoms with Gasteiger partial charge in [0.25, 0.3) is 0 Å². The predicted octanol–water partition coefficient (Wildman–Crippen LogP) is 4.83. The Kier molecular flexibility index (Phi) is 8.81. The lowest BCUT2D eigenvalue weighted by molar-refractivity contribution is 1.50. The van der Waals surface area contributed by atoms with Gasteiger partial charge in [0, 0.05) is 15.8 Å². The molecular formula is C13H14Cl4. The van der Waals surface area contributed by atoms with Crippen LogP contribution in [0.3, 0.4) is 0 Å². The van der Waals surface area contributed by atoms with Crippen molar-refractivity contribution in [2.24, 2.45) is 0 Å². The fourth-order valence-electron chi connectivity index (χ4n) is 1.08. The summed E-state index contributed by atoms with van der Waals surface area (Å²) in [5, 5.41) is 3.06. The molecule has 0 spiro atoms. The molecule has 0 aliphatic heterocycles. The lowest BCUT2D eigenvalue weighted by Gasteiger charge is -1.97. The van der Waals surface area contributed by atoms with E-state index in [0.29, 0.717) is 15.1 Å². The summed E-state index contributed by atoms with van der Waals surface area (Å²) in [7, 11) is 0. The van der Waals surface area contributed by atoms with E-state index >= 15 is 0 Å². The van der Waals surface area contributed by atoms with Crippen LogP contribution in [-0.2, 0) is 0 Å².